The maximum Gasteiger partial charge on any atom is 0.235 e. The van der Waals surface area contributed by atoms with Crippen molar-refractivity contribution in [3.8, 4) is 17.5 Å². The van der Waals surface area contributed by atoms with E-state index in [-0.39, 0.29) is 17.1 Å². The van der Waals surface area contributed by atoms with Gasteiger partial charge in [0.1, 0.15) is 11.1 Å². The third-order valence-electron chi connectivity index (χ3n) is 6.68. The molecule has 1 aromatic carbocycles. The van der Waals surface area contributed by atoms with Crippen molar-refractivity contribution in [2.45, 2.75) is 77.4 Å². The lowest BCUT2D eigenvalue weighted by molar-refractivity contribution is -0.113. The molecule has 1 aliphatic rings. The van der Waals surface area contributed by atoms with E-state index in [1.54, 1.807) is 11.3 Å². The molecule has 0 fully saturated rings. The molecule has 1 unspecified atom stereocenters. The van der Waals surface area contributed by atoms with Gasteiger partial charge in [-0.3, -0.25) is 4.79 Å². The highest BCUT2D eigenvalue weighted by molar-refractivity contribution is 7.99. The van der Waals surface area contributed by atoms with Gasteiger partial charge in [0.25, 0.3) is 0 Å². The fourth-order valence-corrected chi connectivity index (χ4v) is 6.65. The highest BCUT2D eigenvalue weighted by Gasteiger charge is 2.26. The van der Waals surface area contributed by atoms with Crippen LogP contribution < -0.4 is 5.32 Å². The van der Waals surface area contributed by atoms with Crippen molar-refractivity contribution in [1.82, 2.24) is 14.8 Å². The van der Waals surface area contributed by atoms with Gasteiger partial charge in [0.2, 0.25) is 5.91 Å². The molecule has 2 aromatic heterocycles. The average Bonchev–Trinajstić information content (AvgIpc) is 3.41. The lowest BCUT2D eigenvalue weighted by Gasteiger charge is -2.20. The number of anilines is 1. The second-order valence-corrected chi connectivity index (χ2v) is 12.1. The summed E-state index contributed by atoms with van der Waals surface area (Å²) >= 11 is 2.94. The molecule has 0 aliphatic heterocycles. The van der Waals surface area contributed by atoms with Gasteiger partial charge >= 0.3 is 0 Å². The van der Waals surface area contributed by atoms with E-state index in [9.17, 15) is 10.1 Å². The molecule has 1 N–H and O–H groups in total. The van der Waals surface area contributed by atoms with Crippen LogP contribution in [0.5, 0.6) is 0 Å². The minimum Gasteiger partial charge on any atom is -0.316 e. The molecule has 0 radical (unpaired) electrons. The number of aromatic nitrogens is 3. The largest absolute Gasteiger partial charge is 0.316 e. The Morgan fingerprint density at radius 2 is 2.00 bits per heavy atom. The van der Waals surface area contributed by atoms with Gasteiger partial charge in [-0.15, -0.1) is 21.5 Å². The van der Waals surface area contributed by atoms with E-state index >= 15 is 0 Å². The summed E-state index contributed by atoms with van der Waals surface area (Å²) in [6, 6.07) is 10.8. The number of fused-ring (bicyclic) bond motifs is 1. The zero-order valence-electron chi connectivity index (χ0n) is 21.1. The van der Waals surface area contributed by atoms with Crippen LogP contribution in [0.15, 0.2) is 29.4 Å². The number of nitrogens with one attached hydrogen (secondary N) is 1. The Morgan fingerprint density at radius 3 is 2.63 bits per heavy atom. The van der Waals surface area contributed by atoms with E-state index in [1.807, 2.05) is 4.57 Å². The predicted octanol–water partition coefficient (Wildman–Crippen LogP) is 6.44. The molecular weight excluding hydrogens is 474 g/mol. The van der Waals surface area contributed by atoms with E-state index in [1.165, 1.54) is 22.2 Å². The zero-order valence-corrected chi connectivity index (χ0v) is 22.8. The van der Waals surface area contributed by atoms with E-state index in [0.717, 1.165) is 42.6 Å². The molecule has 1 aliphatic carbocycles. The van der Waals surface area contributed by atoms with Crippen LogP contribution in [-0.2, 0) is 29.6 Å². The molecule has 1 amide bonds. The number of hydrogen-bond donors (Lipinski definition) is 1. The van der Waals surface area contributed by atoms with Crippen molar-refractivity contribution >= 4 is 34.0 Å². The summed E-state index contributed by atoms with van der Waals surface area (Å²) in [6.45, 7) is 11.6. The number of rotatable bonds is 7. The molecule has 2 heterocycles. The van der Waals surface area contributed by atoms with Crippen LogP contribution in [-0.4, -0.2) is 26.4 Å². The number of thioether (sulfide) groups is 1. The summed E-state index contributed by atoms with van der Waals surface area (Å²) in [5.74, 6) is 1.57. The standard InChI is InChI=1S/C27H33N5OS2/c1-6-17-8-13-20-21(15-28)25(35-22(20)14-17)29-23(33)16-34-26-31-30-24(32(26)7-2)18-9-11-19(12-10-18)27(3,4)5/h9-12,17H,6-8,13-14,16H2,1-5H3,(H,29,33). The lowest BCUT2D eigenvalue weighted by atomic mass is 9.86. The van der Waals surface area contributed by atoms with Crippen molar-refractivity contribution < 1.29 is 4.79 Å². The van der Waals surface area contributed by atoms with Crippen LogP contribution in [0.1, 0.15) is 69.0 Å². The Balaban J connectivity index is 1.44. The van der Waals surface area contributed by atoms with Gasteiger partial charge in [0, 0.05) is 17.0 Å². The first-order valence-corrected chi connectivity index (χ1v) is 14.1. The Kier molecular flexibility index (Phi) is 7.67. The van der Waals surface area contributed by atoms with Crippen LogP contribution in [0.2, 0.25) is 0 Å². The first kappa shape index (κ1) is 25.5. The first-order chi connectivity index (χ1) is 16.7. The summed E-state index contributed by atoms with van der Waals surface area (Å²) in [4.78, 5) is 14.1. The summed E-state index contributed by atoms with van der Waals surface area (Å²) in [5, 5.41) is 22.9. The van der Waals surface area contributed by atoms with Gasteiger partial charge in [-0.1, -0.05) is 70.1 Å². The quantitative estimate of drug-likeness (QED) is 0.372. The summed E-state index contributed by atoms with van der Waals surface area (Å²) in [7, 11) is 0. The molecule has 4 rings (SSSR count). The zero-order chi connectivity index (χ0) is 25.2. The van der Waals surface area contributed by atoms with E-state index < -0.39 is 0 Å². The van der Waals surface area contributed by atoms with Gasteiger partial charge in [0.15, 0.2) is 11.0 Å². The van der Waals surface area contributed by atoms with Crippen LogP contribution in [0.25, 0.3) is 11.4 Å². The average molecular weight is 508 g/mol. The number of nitrogens with zero attached hydrogens (tertiary/aromatic N) is 4. The van der Waals surface area contributed by atoms with Crippen molar-refractivity contribution in [2.75, 3.05) is 11.1 Å². The molecular formula is C27H33N5OS2. The Morgan fingerprint density at radius 1 is 1.26 bits per heavy atom. The number of nitriles is 1. The highest BCUT2D eigenvalue weighted by atomic mass is 32.2. The number of hydrogen-bond acceptors (Lipinski definition) is 6. The van der Waals surface area contributed by atoms with Crippen LogP contribution in [0.4, 0.5) is 5.00 Å². The Bertz CT molecular complexity index is 1240. The molecule has 0 spiro atoms. The smallest absolute Gasteiger partial charge is 0.235 e. The van der Waals surface area contributed by atoms with E-state index in [4.69, 9.17) is 0 Å². The number of thiophene rings is 1. The van der Waals surface area contributed by atoms with Gasteiger partial charge in [-0.2, -0.15) is 5.26 Å². The molecule has 0 bridgehead atoms. The molecule has 1 atom stereocenters. The molecule has 184 valence electrons. The molecule has 3 aromatic rings. The molecule has 35 heavy (non-hydrogen) atoms. The SMILES string of the molecule is CCC1CCc2c(sc(NC(=O)CSc3nnc(-c4ccc(C(C)(C)C)cc4)n3CC)c2C#N)C1. The van der Waals surface area contributed by atoms with Crippen molar-refractivity contribution in [2.24, 2.45) is 5.92 Å². The molecule has 8 heteroatoms. The lowest BCUT2D eigenvalue weighted by Crippen LogP contribution is -2.15. The maximum atomic E-state index is 12.8. The third kappa shape index (κ3) is 5.46. The number of amides is 1. The highest BCUT2D eigenvalue weighted by Crippen LogP contribution is 2.40. The number of carbonyl (C=O) groups excluding carboxylic acids is 1. The van der Waals surface area contributed by atoms with Crippen LogP contribution in [0, 0.1) is 17.2 Å². The molecule has 0 saturated heterocycles. The summed E-state index contributed by atoms with van der Waals surface area (Å²) < 4.78 is 2.04. The van der Waals surface area contributed by atoms with Gasteiger partial charge in [0.05, 0.1) is 11.3 Å². The fraction of sp³-hybridized carbons (Fsp3) is 0.481. The number of carbonyl (C=O) groups is 1. The second kappa shape index (κ2) is 10.5. The van der Waals surface area contributed by atoms with Crippen molar-refractivity contribution in [3.63, 3.8) is 0 Å². The Hall–Kier alpha value is -2.63. The third-order valence-corrected chi connectivity index (χ3v) is 8.82. The maximum absolute atomic E-state index is 12.8. The van der Waals surface area contributed by atoms with Gasteiger partial charge in [-0.05, 0) is 48.6 Å². The second-order valence-electron chi connectivity index (χ2n) is 10.1. The molecule has 0 saturated carbocycles. The van der Waals surface area contributed by atoms with Crippen LogP contribution in [0.3, 0.4) is 0 Å². The summed E-state index contributed by atoms with van der Waals surface area (Å²) in [5.41, 5.74) is 4.16. The van der Waals surface area contributed by atoms with Gasteiger partial charge in [-0.25, -0.2) is 0 Å². The normalized spacial score (nSPS) is 15.5. The fourth-order valence-electron chi connectivity index (χ4n) is 4.52. The summed E-state index contributed by atoms with van der Waals surface area (Å²) in [6.07, 6.45) is 4.20. The monoisotopic (exact) mass is 507 g/mol. The van der Waals surface area contributed by atoms with Crippen LogP contribution >= 0.6 is 23.1 Å². The molecule has 6 nitrogen and oxygen atoms in total. The van der Waals surface area contributed by atoms with Gasteiger partial charge < -0.3 is 9.88 Å². The predicted molar refractivity (Wildman–Crippen MR) is 144 cm³/mol. The Labute approximate surface area is 216 Å². The van der Waals surface area contributed by atoms with Crippen molar-refractivity contribution in [3.05, 3.63) is 45.8 Å². The van der Waals surface area contributed by atoms with Crippen molar-refractivity contribution in [1.29, 1.82) is 5.26 Å². The number of benzene rings is 1. The minimum absolute atomic E-state index is 0.0935. The first-order valence-electron chi connectivity index (χ1n) is 12.3. The topological polar surface area (TPSA) is 83.6 Å². The minimum atomic E-state index is -0.126. The van der Waals surface area contributed by atoms with E-state index in [0.29, 0.717) is 28.2 Å². The van der Waals surface area contributed by atoms with E-state index in [2.05, 4.69) is 80.5 Å².